The van der Waals surface area contributed by atoms with Gasteiger partial charge >= 0.3 is 5.63 Å². The predicted molar refractivity (Wildman–Crippen MR) is 61.7 cm³/mol. The van der Waals surface area contributed by atoms with Crippen molar-refractivity contribution in [3.05, 3.63) is 52.9 Å². The highest BCUT2D eigenvalue weighted by Crippen LogP contribution is 2.25. The second kappa shape index (κ2) is 3.10. The Labute approximate surface area is 90.6 Å². The van der Waals surface area contributed by atoms with Crippen LogP contribution in [0.2, 0.25) is 0 Å². The van der Waals surface area contributed by atoms with Crippen LogP contribution in [0, 0.1) is 0 Å². The van der Waals surface area contributed by atoms with Gasteiger partial charge < -0.3 is 9.52 Å². The second-order valence-corrected chi connectivity index (χ2v) is 3.62. The summed E-state index contributed by atoms with van der Waals surface area (Å²) >= 11 is 0. The van der Waals surface area contributed by atoms with E-state index in [9.17, 15) is 9.90 Å². The van der Waals surface area contributed by atoms with E-state index in [-0.39, 0.29) is 5.75 Å². The van der Waals surface area contributed by atoms with Crippen LogP contribution in [0.3, 0.4) is 0 Å². The van der Waals surface area contributed by atoms with E-state index in [1.807, 2.05) is 36.4 Å². The van der Waals surface area contributed by atoms with Gasteiger partial charge in [0, 0.05) is 10.8 Å². The molecule has 0 aliphatic heterocycles. The molecule has 0 unspecified atom stereocenters. The molecule has 1 heterocycles. The van der Waals surface area contributed by atoms with Crippen LogP contribution in [0.5, 0.6) is 5.75 Å². The van der Waals surface area contributed by atoms with Crippen LogP contribution in [0.15, 0.2) is 51.7 Å². The molecular weight excluding hydrogens is 204 g/mol. The number of fused-ring (bicyclic) bond motifs is 3. The van der Waals surface area contributed by atoms with E-state index in [4.69, 9.17) is 4.42 Å². The summed E-state index contributed by atoms with van der Waals surface area (Å²) < 4.78 is 5.10. The molecule has 0 saturated carbocycles. The van der Waals surface area contributed by atoms with Crippen molar-refractivity contribution >= 4 is 21.7 Å². The molecule has 0 atom stereocenters. The highest BCUT2D eigenvalue weighted by molar-refractivity contribution is 6.03. The third kappa shape index (κ3) is 1.18. The molecule has 3 nitrogen and oxygen atoms in total. The van der Waals surface area contributed by atoms with Gasteiger partial charge in [0.1, 0.15) is 5.58 Å². The molecule has 1 aromatic heterocycles. The zero-order valence-electron chi connectivity index (χ0n) is 8.31. The van der Waals surface area contributed by atoms with Gasteiger partial charge in [0.25, 0.3) is 0 Å². The summed E-state index contributed by atoms with van der Waals surface area (Å²) in [5.41, 5.74) is -0.190. The molecule has 0 fully saturated rings. The van der Waals surface area contributed by atoms with Crippen LogP contribution in [0.4, 0.5) is 0 Å². The first kappa shape index (κ1) is 8.97. The van der Waals surface area contributed by atoms with Gasteiger partial charge in [0.05, 0.1) is 0 Å². The number of benzene rings is 2. The molecule has 78 valence electrons. The Morgan fingerprint density at radius 1 is 1.00 bits per heavy atom. The molecule has 2 aromatic carbocycles. The van der Waals surface area contributed by atoms with Gasteiger partial charge in [0.15, 0.2) is 0 Å². The van der Waals surface area contributed by atoms with Crippen LogP contribution in [-0.2, 0) is 0 Å². The van der Waals surface area contributed by atoms with E-state index in [2.05, 4.69) is 0 Å². The molecule has 0 radical (unpaired) electrons. The van der Waals surface area contributed by atoms with Gasteiger partial charge in [-0.15, -0.1) is 0 Å². The molecular formula is C13H8O3. The molecule has 3 rings (SSSR count). The monoisotopic (exact) mass is 212 g/mol. The summed E-state index contributed by atoms with van der Waals surface area (Å²) in [7, 11) is 0. The van der Waals surface area contributed by atoms with Crippen LogP contribution >= 0.6 is 0 Å². The lowest BCUT2D eigenvalue weighted by molar-refractivity contribution is 0.429. The third-order valence-electron chi connectivity index (χ3n) is 2.61. The highest BCUT2D eigenvalue weighted by Gasteiger charge is 2.06. The topological polar surface area (TPSA) is 50.4 Å². The van der Waals surface area contributed by atoms with Gasteiger partial charge in [0.2, 0.25) is 5.75 Å². The van der Waals surface area contributed by atoms with Crippen LogP contribution in [0.1, 0.15) is 0 Å². The lowest BCUT2D eigenvalue weighted by Gasteiger charge is -2.01. The van der Waals surface area contributed by atoms with Gasteiger partial charge in [-0.3, -0.25) is 0 Å². The Kier molecular flexibility index (Phi) is 1.74. The fraction of sp³-hybridized carbons (Fsp3) is 0. The van der Waals surface area contributed by atoms with E-state index in [0.717, 1.165) is 16.2 Å². The summed E-state index contributed by atoms with van der Waals surface area (Å²) in [6, 6.07) is 12.8. The Balaban J connectivity index is 2.60. The average molecular weight is 212 g/mol. The molecule has 0 aliphatic carbocycles. The van der Waals surface area contributed by atoms with Gasteiger partial charge in [-0.2, -0.15) is 0 Å². The van der Waals surface area contributed by atoms with Crippen molar-refractivity contribution in [2.45, 2.75) is 0 Å². The minimum Gasteiger partial charge on any atom is -0.502 e. The van der Waals surface area contributed by atoms with E-state index < -0.39 is 5.63 Å². The molecule has 0 amide bonds. The molecule has 16 heavy (non-hydrogen) atoms. The summed E-state index contributed by atoms with van der Waals surface area (Å²) in [5, 5.41) is 11.9. The summed E-state index contributed by atoms with van der Waals surface area (Å²) in [6.45, 7) is 0. The molecule has 0 saturated heterocycles. The van der Waals surface area contributed by atoms with Crippen molar-refractivity contribution in [2.24, 2.45) is 0 Å². The van der Waals surface area contributed by atoms with Crippen LogP contribution < -0.4 is 5.63 Å². The van der Waals surface area contributed by atoms with Gasteiger partial charge in [-0.25, -0.2) is 4.79 Å². The Hall–Kier alpha value is -2.29. The maximum absolute atomic E-state index is 11.3. The third-order valence-corrected chi connectivity index (χ3v) is 2.61. The van der Waals surface area contributed by atoms with Crippen molar-refractivity contribution in [2.75, 3.05) is 0 Å². The Morgan fingerprint density at radius 2 is 1.75 bits per heavy atom. The molecule has 1 N–H and O–H groups in total. The van der Waals surface area contributed by atoms with Crippen molar-refractivity contribution in [3.8, 4) is 5.75 Å². The molecule has 3 aromatic rings. The van der Waals surface area contributed by atoms with Crippen LogP contribution in [-0.4, -0.2) is 5.11 Å². The lowest BCUT2D eigenvalue weighted by Crippen LogP contribution is -1.97. The quantitative estimate of drug-likeness (QED) is 0.460. The zero-order valence-corrected chi connectivity index (χ0v) is 8.31. The standard InChI is InChI=1S/C13H8O3/c14-11-7-9-6-5-8-3-1-2-4-10(8)12(9)16-13(11)15/h1-7,14H. The van der Waals surface area contributed by atoms with E-state index in [1.54, 1.807) is 0 Å². The van der Waals surface area contributed by atoms with Gasteiger partial charge in [-0.1, -0.05) is 36.4 Å². The van der Waals surface area contributed by atoms with E-state index in [1.165, 1.54) is 6.07 Å². The summed E-state index contributed by atoms with van der Waals surface area (Å²) in [4.78, 5) is 11.3. The SMILES string of the molecule is O=c1oc2c(ccc3ccccc32)cc1O. The minimum atomic E-state index is -0.705. The maximum Gasteiger partial charge on any atom is 0.378 e. The van der Waals surface area contributed by atoms with E-state index in [0.29, 0.717) is 5.58 Å². The first-order valence-corrected chi connectivity index (χ1v) is 4.90. The van der Waals surface area contributed by atoms with Crippen molar-refractivity contribution in [3.63, 3.8) is 0 Å². The lowest BCUT2D eigenvalue weighted by atomic mass is 10.1. The number of aromatic hydroxyl groups is 1. The normalized spacial score (nSPS) is 11.0. The first-order chi connectivity index (χ1) is 7.75. The molecule has 0 aliphatic rings. The van der Waals surface area contributed by atoms with Crippen LogP contribution in [0.25, 0.3) is 21.7 Å². The molecule has 0 bridgehead atoms. The first-order valence-electron chi connectivity index (χ1n) is 4.90. The smallest absolute Gasteiger partial charge is 0.378 e. The largest absolute Gasteiger partial charge is 0.502 e. The number of hydrogen-bond acceptors (Lipinski definition) is 3. The maximum atomic E-state index is 11.3. The van der Waals surface area contributed by atoms with Gasteiger partial charge in [-0.05, 0) is 11.5 Å². The fourth-order valence-corrected chi connectivity index (χ4v) is 1.84. The van der Waals surface area contributed by atoms with Crippen molar-refractivity contribution in [1.82, 2.24) is 0 Å². The minimum absolute atomic E-state index is 0.359. The molecule has 0 spiro atoms. The van der Waals surface area contributed by atoms with Crippen molar-refractivity contribution < 1.29 is 9.52 Å². The Bertz CT molecular complexity index is 741. The molecule has 3 heteroatoms. The number of rotatable bonds is 0. The second-order valence-electron chi connectivity index (χ2n) is 3.62. The highest BCUT2D eigenvalue weighted by atomic mass is 16.4. The Morgan fingerprint density at radius 3 is 2.62 bits per heavy atom. The van der Waals surface area contributed by atoms with Crippen molar-refractivity contribution in [1.29, 1.82) is 0 Å². The average Bonchev–Trinajstić information content (AvgIpc) is 2.31. The predicted octanol–water partition coefficient (Wildman–Crippen LogP) is 2.65. The number of hydrogen-bond donors (Lipinski definition) is 1. The summed E-state index contributed by atoms with van der Waals surface area (Å²) in [5.74, 6) is -0.359. The fourth-order valence-electron chi connectivity index (χ4n) is 1.84. The zero-order chi connectivity index (χ0) is 11.1. The van der Waals surface area contributed by atoms with E-state index >= 15 is 0 Å². The summed E-state index contributed by atoms with van der Waals surface area (Å²) in [6.07, 6.45) is 0.